The normalized spacial score (nSPS) is 22.9. The molecule has 0 unspecified atom stereocenters. The van der Waals surface area contributed by atoms with Gasteiger partial charge in [0.1, 0.15) is 0 Å². The van der Waals surface area contributed by atoms with Crippen molar-refractivity contribution in [1.82, 2.24) is 5.32 Å². The summed E-state index contributed by atoms with van der Waals surface area (Å²) in [6.07, 6.45) is 9.88. The third kappa shape index (κ3) is 4.25. The van der Waals surface area contributed by atoms with E-state index in [0.717, 1.165) is 37.2 Å². The zero-order valence-electron chi connectivity index (χ0n) is 14.8. The lowest BCUT2D eigenvalue weighted by Gasteiger charge is -2.28. The molecule has 0 atom stereocenters. The predicted octanol–water partition coefficient (Wildman–Crippen LogP) is 4.22. The summed E-state index contributed by atoms with van der Waals surface area (Å²) < 4.78 is 0. The second-order valence-electron chi connectivity index (χ2n) is 7.45. The molecule has 0 heterocycles. The SMILES string of the molecule is CCC1CCC(NC(=O)CCC(=O)c2ccc3c(c2)CCC3)CC1. The summed E-state index contributed by atoms with van der Waals surface area (Å²) in [4.78, 5) is 24.5. The largest absolute Gasteiger partial charge is 0.353 e. The molecule has 3 heteroatoms. The van der Waals surface area contributed by atoms with Gasteiger partial charge in [-0.3, -0.25) is 9.59 Å². The molecule has 0 aromatic heterocycles. The fourth-order valence-corrected chi connectivity index (χ4v) is 4.13. The van der Waals surface area contributed by atoms with Gasteiger partial charge in [-0.15, -0.1) is 0 Å². The molecule has 1 aromatic rings. The number of rotatable bonds is 6. The summed E-state index contributed by atoms with van der Waals surface area (Å²) in [7, 11) is 0. The number of hydrogen-bond donors (Lipinski definition) is 1. The average molecular weight is 327 g/mol. The van der Waals surface area contributed by atoms with Crippen LogP contribution in [-0.2, 0) is 17.6 Å². The van der Waals surface area contributed by atoms with Gasteiger partial charge in [0.2, 0.25) is 5.91 Å². The van der Waals surface area contributed by atoms with Crippen LogP contribution in [0.1, 0.15) is 79.8 Å². The number of Topliss-reactive ketones (excluding diaryl/α,β-unsaturated/α-hetero) is 1. The molecule has 2 aliphatic rings. The molecular formula is C21H29NO2. The number of ketones is 1. The summed E-state index contributed by atoms with van der Waals surface area (Å²) in [5.41, 5.74) is 3.47. The highest BCUT2D eigenvalue weighted by Crippen LogP contribution is 2.26. The second-order valence-corrected chi connectivity index (χ2v) is 7.45. The summed E-state index contributed by atoms with van der Waals surface area (Å²) in [6, 6.07) is 6.36. The van der Waals surface area contributed by atoms with Crippen LogP contribution in [0.4, 0.5) is 0 Å². The van der Waals surface area contributed by atoms with Crippen molar-refractivity contribution in [3.63, 3.8) is 0 Å². The number of nitrogens with one attached hydrogen (secondary N) is 1. The highest BCUT2D eigenvalue weighted by Gasteiger charge is 2.21. The van der Waals surface area contributed by atoms with Crippen LogP contribution in [-0.4, -0.2) is 17.7 Å². The Morgan fingerprint density at radius 3 is 2.54 bits per heavy atom. The number of benzene rings is 1. The molecule has 1 fully saturated rings. The first kappa shape index (κ1) is 17.2. The van der Waals surface area contributed by atoms with Crippen molar-refractivity contribution in [3.05, 3.63) is 34.9 Å². The van der Waals surface area contributed by atoms with Crippen LogP contribution in [0.2, 0.25) is 0 Å². The van der Waals surface area contributed by atoms with Gasteiger partial charge in [0.15, 0.2) is 5.78 Å². The molecular weight excluding hydrogens is 298 g/mol. The minimum Gasteiger partial charge on any atom is -0.353 e. The highest BCUT2D eigenvalue weighted by molar-refractivity contribution is 5.98. The van der Waals surface area contributed by atoms with Gasteiger partial charge < -0.3 is 5.32 Å². The van der Waals surface area contributed by atoms with Crippen molar-refractivity contribution >= 4 is 11.7 Å². The van der Waals surface area contributed by atoms with Crippen molar-refractivity contribution in [2.24, 2.45) is 5.92 Å². The fraction of sp³-hybridized carbons (Fsp3) is 0.619. The quantitative estimate of drug-likeness (QED) is 0.795. The Bertz CT molecular complexity index is 600. The van der Waals surface area contributed by atoms with Crippen LogP contribution in [0.5, 0.6) is 0 Å². The van der Waals surface area contributed by atoms with Gasteiger partial charge in [-0.05, 0) is 68.1 Å². The number of aryl methyl sites for hydroxylation is 2. The van der Waals surface area contributed by atoms with Crippen LogP contribution >= 0.6 is 0 Å². The van der Waals surface area contributed by atoms with E-state index in [9.17, 15) is 9.59 Å². The van der Waals surface area contributed by atoms with Gasteiger partial charge in [-0.2, -0.15) is 0 Å². The molecule has 24 heavy (non-hydrogen) atoms. The first-order valence-electron chi connectivity index (χ1n) is 9.60. The zero-order chi connectivity index (χ0) is 16.9. The fourth-order valence-electron chi connectivity index (χ4n) is 4.13. The lowest BCUT2D eigenvalue weighted by atomic mass is 9.84. The van der Waals surface area contributed by atoms with Gasteiger partial charge in [0.05, 0.1) is 0 Å². The van der Waals surface area contributed by atoms with E-state index >= 15 is 0 Å². The molecule has 1 N–H and O–H groups in total. The minimum atomic E-state index is 0.0319. The maximum atomic E-state index is 12.3. The molecule has 130 valence electrons. The Morgan fingerprint density at radius 2 is 1.79 bits per heavy atom. The Balaban J connectivity index is 1.43. The molecule has 0 bridgehead atoms. The molecule has 2 aliphatic carbocycles. The first-order chi connectivity index (χ1) is 11.7. The second kappa shape index (κ2) is 7.96. The maximum Gasteiger partial charge on any atom is 0.220 e. The van der Waals surface area contributed by atoms with E-state index < -0.39 is 0 Å². The molecule has 1 aromatic carbocycles. The number of carbonyl (C=O) groups excluding carboxylic acids is 2. The van der Waals surface area contributed by atoms with Crippen LogP contribution in [0.15, 0.2) is 18.2 Å². The average Bonchev–Trinajstić information content (AvgIpc) is 3.08. The van der Waals surface area contributed by atoms with E-state index in [4.69, 9.17) is 0 Å². The predicted molar refractivity (Wildman–Crippen MR) is 96.2 cm³/mol. The summed E-state index contributed by atoms with van der Waals surface area (Å²) in [6.45, 7) is 2.24. The summed E-state index contributed by atoms with van der Waals surface area (Å²) in [5, 5.41) is 3.12. The Labute approximate surface area is 145 Å². The molecule has 0 radical (unpaired) electrons. The topological polar surface area (TPSA) is 46.2 Å². The van der Waals surface area contributed by atoms with Gasteiger partial charge in [-0.25, -0.2) is 0 Å². The third-order valence-corrected chi connectivity index (χ3v) is 5.79. The highest BCUT2D eigenvalue weighted by atomic mass is 16.2. The third-order valence-electron chi connectivity index (χ3n) is 5.79. The Morgan fingerprint density at radius 1 is 1.04 bits per heavy atom. The van der Waals surface area contributed by atoms with Crippen molar-refractivity contribution in [1.29, 1.82) is 0 Å². The van der Waals surface area contributed by atoms with Gasteiger partial charge >= 0.3 is 0 Å². The molecule has 0 aliphatic heterocycles. The van der Waals surface area contributed by atoms with E-state index in [1.807, 2.05) is 12.1 Å². The molecule has 0 spiro atoms. The van der Waals surface area contributed by atoms with Crippen LogP contribution in [0.25, 0.3) is 0 Å². The number of amides is 1. The Hall–Kier alpha value is -1.64. The number of carbonyl (C=O) groups is 2. The smallest absolute Gasteiger partial charge is 0.220 e. The Kier molecular flexibility index (Phi) is 5.70. The van der Waals surface area contributed by atoms with E-state index in [1.165, 1.54) is 36.8 Å². The molecule has 3 nitrogen and oxygen atoms in total. The van der Waals surface area contributed by atoms with Crippen molar-refractivity contribution in [3.8, 4) is 0 Å². The lowest BCUT2D eigenvalue weighted by Crippen LogP contribution is -2.37. The number of fused-ring (bicyclic) bond motifs is 1. The van der Waals surface area contributed by atoms with Crippen LogP contribution < -0.4 is 5.32 Å². The molecule has 1 saturated carbocycles. The van der Waals surface area contributed by atoms with Crippen molar-refractivity contribution < 1.29 is 9.59 Å². The van der Waals surface area contributed by atoms with E-state index in [0.29, 0.717) is 18.9 Å². The summed E-state index contributed by atoms with van der Waals surface area (Å²) in [5.74, 6) is 0.957. The van der Waals surface area contributed by atoms with Gasteiger partial charge in [0.25, 0.3) is 0 Å². The van der Waals surface area contributed by atoms with E-state index in [2.05, 4.69) is 18.3 Å². The number of hydrogen-bond acceptors (Lipinski definition) is 2. The molecule has 0 saturated heterocycles. The zero-order valence-corrected chi connectivity index (χ0v) is 14.8. The first-order valence-corrected chi connectivity index (χ1v) is 9.60. The standard InChI is InChI=1S/C21H29NO2/c1-2-15-6-10-19(11-7-15)22-21(24)13-12-20(23)18-9-8-16-4-3-5-17(16)14-18/h8-9,14-15,19H,2-7,10-13H2,1H3,(H,22,24). The van der Waals surface area contributed by atoms with Gasteiger partial charge in [0, 0.05) is 24.4 Å². The van der Waals surface area contributed by atoms with Gasteiger partial charge in [-0.1, -0.05) is 25.5 Å². The maximum absolute atomic E-state index is 12.3. The van der Waals surface area contributed by atoms with Crippen LogP contribution in [0, 0.1) is 5.92 Å². The van der Waals surface area contributed by atoms with Crippen molar-refractivity contribution in [2.75, 3.05) is 0 Å². The minimum absolute atomic E-state index is 0.0319. The monoisotopic (exact) mass is 327 g/mol. The molecule has 1 amide bonds. The van der Waals surface area contributed by atoms with E-state index in [1.54, 1.807) is 0 Å². The van der Waals surface area contributed by atoms with E-state index in [-0.39, 0.29) is 11.7 Å². The molecule has 3 rings (SSSR count). The van der Waals surface area contributed by atoms with Crippen molar-refractivity contribution in [2.45, 2.75) is 77.2 Å². The van der Waals surface area contributed by atoms with Crippen LogP contribution in [0.3, 0.4) is 0 Å². The summed E-state index contributed by atoms with van der Waals surface area (Å²) >= 11 is 0. The lowest BCUT2D eigenvalue weighted by molar-refractivity contribution is -0.122.